The maximum absolute atomic E-state index is 14.9. The van der Waals surface area contributed by atoms with E-state index in [4.69, 9.17) is 4.74 Å². The number of carbonyl (C=O) groups is 1. The molecule has 0 saturated heterocycles. The summed E-state index contributed by atoms with van der Waals surface area (Å²) in [6.45, 7) is 2.75. The molecule has 9 heteroatoms. The third kappa shape index (κ3) is 4.84. The second kappa shape index (κ2) is 9.44. The van der Waals surface area contributed by atoms with E-state index in [1.807, 2.05) is 13.0 Å². The Kier molecular flexibility index (Phi) is 6.27. The Morgan fingerprint density at radius 2 is 2.03 bits per heavy atom. The highest BCUT2D eigenvalue weighted by Crippen LogP contribution is 2.27. The minimum Gasteiger partial charge on any atom is -0.383 e. The number of anilines is 4. The number of benzene rings is 2. The number of nitrogens with zero attached hydrogens (tertiary/aromatic N) is 2. The molecule has 2 heterocycles. The average molecular weight is 434 g/mol. The van der Waals surface area contributed by atoms with Gasteiger partial charge in [0.05, 0.1) is 12.3 Å². The number of methoxy groups -OCH3 is 1. The van der Waals surface area contributed by atoms with Gasteiger partial charge in [0.1, 0.15) is 5.82 Å². The molecule has 1 amide bonds. The molecule has 0 fully saturated rings. The number of hydrogen-bond acceptors (Lipinski definition) is 6. The highest BCUT2D eigenvalue weighted by molar-refractivity contribution is 5.95. The van der Waals surface area contributed by atoms with Crippen LogP contribution < -0.4 is 16.0 Å². The van der Waals surface area contributed by atoms with Crippen LogP contribution in [-0.4, -0.2) is 41.1 Å². The molecule has 2 aromatic heterocycles. The molecule has 0 saturated carbocycles. The lowest BCUT2D eigenvalue weighted by Gasteiger charge is -2.10. The van der Waals surface area contributed by atoms with Gasteiger partial charge in [-0.1, -0.05) is 6.07 Å². The van der Waals surface area contributed by atoms with E-state index in [9.17, 15) is 9.18 Å². The van der Waals surface area contributed by atoms with Gasteiger partial charge in [-0.05, 0) is 49.4 Å². The van der Waals surface area contributed by atoms with Crippen LogP contribution in [0, 0.1) is 12.7 Å². The minimum absolute atomic E-state index is 0.201. The molecule has 4 rings (SSSR count). The van der Waals surface area contributed by atoms with Crippen molar-refractivity contribution in [3.63, 3.8) is 0 Å². The van der Waals surface area contributed by atoms with Gasteiger partial charge in [-0.3, -0.25) is 4.79 Å². The summed E-state index contributed by atoms with van der Waals surface area (Å²) in [4.78, 5) is 24.0. The molecule has 2 aromatic carbocycles. The lowest BCUT2D eigenvalue weighted by Crippen LogP contribution is -2.26. The van der Waals surface area contributed by atoms with Gasteiger partial charge in [0, 0.05) is 47.7 Å². The number of fused-ring (bicyclic) bond motifs is 1. The second-order valence-electron chi connectivity index (χ2n) is 7.19. The first-order valence-electron chi connectivity index (χ1n) is 10.1. The Morgan fingerprint density at radius 3 is 2.88 bits per heavy atom. The molecule has 4 aromatic rings. The molecule has 0 atom stereocenters. The van der Waals surface area contributed by atoms with Crippen molar-refractivity contribution in [3.05, 3.63) is 71.8 Å². The number of hydrogen-bond donors (Lipinski definition) is 4. The Labute approximate surface area is 184 Å². The molecular weight excluding hydrogens is 411 g/mol. The van der Waals surface area contributed by atoms with Gasteiger partial charge < -0.3 is 25.7 Å². The maximum atomic E-state index is 14.9. The number of aryl methyl sites for hydroxylation is 1. The number of nitrogens with one attached hydrogen (secondary N) is 4. The molecule has 32 heavy (non-hydrogen) atoms. The fraction of sp³-hybridized carbons (Fsp3) is 0.174. The quantitative estimate of drug-likeness (QED) is 0.309. The number of rotatable bonds is 8. The third-order valence-electron chi connectivity index (χ3n) is 4.76. The molecule has 0 spiro atoms. The fourth-order valence-electron chi connectivity index (χ4n) is 3.27. The number of H-pyrrole nitrogens is 1. The van der Waals surface area contributed by atoms with E-state index in [-0.39, 0.29) is 11.7 Å². The summed E-state index contributed by atoms with van der Waals surface area (Å²) in [7, 11) is 1.58. The summed E-state index contributed by atoms with van der Waals surface area (Å²) in [5.74, 6) is 0.187. The zero-order chi connectivity index (χ0) is 22.5. The summed E-state index contributed by atoms with van der Waals surface area (Å²) in [5.41, 5.74) is 3.09. The minimum atomic E-state index is -0.354. The van der Waals surface area contributed by atoms with E-state index >= 15 is 0 Å². The number of carbonyl (C=O) groups excluding carboxylic acids is 1. The molecule has 0 aliphatic carbocycles. The maximum Gasteiger partial charge on any atom is 0.251 e. The number of aromatic amines is 1. The van der Waals surface area contributed by atoms with Crippen molar-refractivity contribution in [2.24, 2.45) is 0 Å². The van der Waals surface area contributed by atoms with E-state index in [2.05, 4.69) is 30.9 Å². The van der Waals surface area contributed by atoms with Crippen LogP contribution in [0.1, 0.15) is 16.1 Å². The molecule has 0 bridgehead atoms. The first kappa shape index (κ1) is 21.3. The van der Waals surface area contributed by atoms with Crippen LogP contribution in [0.5, 0.6) is 0 Å². The molecule has 0 aliphatic heterocycles. The lowest BCUT2D eigenvalue weighted by molar-refractivity contribution is 0.0937. The standard InChI is InChI=1S/C23H23FN6O2/c1-14-12-17-18(27-14)6-7-19(21(17)24)29-20-8-9-26-23(30-20)28-16-5-3-4-15(13-16)22(31)25-10-11-32-2/h3-9,12-13,27H,10-11H2,1-2H3,(H,25,31)(H2,26,28,29,30). The summed E-state index contributed by atoms with van der Waals surface area (Å²) >= 11 is 0. The topological polar surface area (TPSA) is 104 Å². The van der Waals surface area contributed by atoms with Crippen molar-refractivity contribution >= 4 is 40.0 Å². The van der Waals surface area contributed by atoms with Crippen LogP contribution in [0.15, 0.2) is 54.7 Å². The van der Waals surface area contributed by atoms with Crippen molar-refractivity contribution in [3.8, 4) is 0 Å². The zero-order valence-electron chi connectivity index (χ0n) is 17.7. The van der Waals surface area contributed by atoms with Gasteiger partial charge in [0.15, 0.2) is 5.82 Å². The van der Waals surface area contributed by atoms with Crippen molar-refractivity contribution in [2.75, 3.05) is 30.9 Å². The van der Waals surface area contributed by atoms with Crippen molar-refractivity contribution in [1.29, 1.82) is 0 Å². The van der Waals surface area contributed by atoms with Crippen LogP contribution in [0.3, 0.4) is 0 Å². The number of halogens is 1. The van der Waals surface area contributed by atoms with Crippen LogP contribution in [0.4, 0.5) is 27.5 Å². The molecule has 0 unspecified atom stereocenters. The Morgan fingerprint density at radius 1 is 1.16 bits per heavy atom. The van der Waals surface area contributed by atoms with Crippen LogP contribution in [0.2, 0.25) is 0 Å². The van der Waals surface area contributed by atoms with Gasteiger partial charge in [-0.25, -0.2) is 9.37 Å². The van der Waals surface area contributed by atoms with Crippen molar-refractivity contribution < 1.29 is 13.9 Å². The molecule has 8 nitrogen and oxygen atoms in total. The summed E-state index contributed by atoms with van der Waals surface area (Å²) in [6.07, 6.45) is 1.57. The van der Waals surface area contributed by atoms with E-state index in [0.29, 0.717) is 47.2 Å². The highest BCUT2D eigenvalue weighted by Gasteiger charge is 2.11. The summed E-state index contributed by atoms with van der Waals surface area (Å²) < 4.78 is 19.8. The highest BCUT2D eigenvalue weighted by atomic mass is 19.1. The monoisotopic (exact) mass is 434 g/mol. The fourth-order valence-corrected chi connectivity index (χ4v) is 3.27. The SMILES string of the molecule is COCCNC(=O)c1cccc(Nc2nccc(Nc3ccc4[nH]c(C)cc4c3F)n2)c1. The van der Waals surface area contributed by atoms with Gasteiger partial charge in [-0.2, -0.15) is 4.98 Å². The average Bonchev–Trinajstić information content (AvgIpc) is 3.17. The molecule has 0 radical (unpaired) electrons. The third-order valence-corrected chi connectivity index (χ3v) is 4.76. The van der Waals surface area contributed by atoms with Gasteiger partial charge in [0.2, 0.25) is 5.95 Å². The predicted molar refractivity (Wildman–Crippen MR) is 122 cm³/mol. The van der Waals surface area contributed by atoms with E-state index < -0.39 is 0 Å². The van der Waals surface area contributed by atoms with Crippen molar-refractivity contribution in [2.45, 2.75) is 6.92 Å². The molecular formula is C23H23FN6O2. The van der Waals surface area contributed by atoms with Crippen LogP contribution in [0.25, 0.3) is 10.9 Å². The zero-order valence-corrected chi connectivity index (χ0v) is 17.7. The summed E-state index contributed by atoms with van der Waals surface area (Å²) in [5, 5.41) is 9.37. The number of amides is 1. The predicted octanol–water partition coefficient (Wildman–Crippen LogP) is 4.27. The first-order chi connectivity index (χ1) is 15.5. The molecule has 0 aliphatic rings. The van der Waals surface area contributed by atoms with Gasteiger partial charge in [-0.15, -0.1) is 0 Å². The van der Waals surface area contributed by atoms with E-state index in [1.54, 1.807) is 55.8 Å². The normalized spacial score (nSPS) is 10.8. The largest absolute Gasteiger partial charge is 0.383 e. The Hall–Kier alpha value is -3.98. The lowest BCUT2D eigenvalue weighted by atomic mass is 10.2. The summed E-state index contributed by atoms with van der Waals surface area (Å²) in [6, 6.07) is 13.9. The number of ether oxygens (including phenoxy) is 1. The van der Waals surface area contributed by atoms with E-state index in [0.717, 1.165) is 11.2 Å². The van der Waals surface area contributed by atoms with Crippen LogP contribution >= 0.6 is 0 Å². The second-order valence-corrected chi connectivity index (χ2v) is 7.19. The van der Waals surface area contributed by atoms with Gasteiger partial charge in [0.25, 0.3) is 5.91 Å². The number of aromatic nitrogens is 3. The van der Waals surface area contributed by atoms with Crippen LogP contribution in [-0.2, 0) is 4.74 Å². The first-order valence-corrected chi connectivity index (χ1v) is 10.1. The molecule has 4 N–H and O–H groups in total. The Balaban J connectivity index is 1.49. The molecule has 164 valence electrons. The van der Waals surface area contributed by atoms with E-state index in [1.165, 1.54) is 0 Å². The smallest absolute Gasteiger partial charge is 0.251 e. The van der Waals surface area contributed by atoms with Gasteiger partial charge >= 0.3 is 0 Å². The Bertz CT molecular complexity index is 1260. The van der Waals surface area contributed by atoms with Crippen molar-refractivity contribution in [1.82, 2.24) is 20.3 Å².